The standard InChI is InChI=1S/C15H18FN3/c1-11-9-18-19(10-11)7-6-17-15-5-2-12-8-13(16)3-4-14(12)15/h3-4,8-10,15,17H,2,5-7H2,1H3. The van der Waals surface area contributed by atoms with Gasteiger partial charge in [0.05, 0.1) is 12.7 Å². The van der Waals surface area contributed by atoms with Gasteiger partial charge in [-0.05, 0) is 48.6 Å². The molecule has 3 nitrogen and oxygen atoms in total. The Kier molecular flexibility index (Phi) is 3.34. The van der Waals surface area contributed by atoms with Crippen LogP contribution >= 0.6 is 0 Å². The quantitative estimate of drug-likeness (QED) is 0.914. The molecule has 1 aromatic carbocycles. The Balaban J connectivity index is 1.58. The lowest BCUT2D eigenvalue weighted by Gasteiger charge is -2.14. The van der Waals surface area contributed by atoms with Crippen LogP contribution in [0.2, 0.25) is 0 Å². The first-order valence-electron chi connectivity index (χ1n) is 6.73. The van der Waals surface area contributed by atoms with E-state index in [1.165, 1.54) is 11.1 Å². The first-order valence-corrected chi connectivity index (χ1v) is 6.73. The second-order valence-electron chi connectivity index (χ2n) is 5.17. The molecule has 1 N–H and O–H groups in total. The highest BCUT2D eigenvalue weighted by atomic mass is 19.1. The van der Waals surface area contributed by atoms with Crippen LogP contribution in [-0.4, -0.2) is 16.3 Å². The van der Waals surface area contributed by atoms with Gasteiger partial charge in [-0.3, -0.25) is 4.68 Å². The molecule has 0 bridgehead atoms. The zero-order valence-corrected chi connectivity index (χ0v) is 11.1. The Morgan fingerprint density at radius 1 is 1.47 bits per heavy atom. The normalized spacial score (nSPS) is 17.7. The number of aromatic nitrogens is 2. The SMILES string of the molecule is Cc1cnn(CCNC2CCc3cc(F)ccc32)c1. The lowest BCUT2D eigenvalue weighted by atomic mass is 10.1. The zero-order chi connectivity index (χ0) is 13.2. The Bertz CT molecular complexity index is 577. The van der Waals surface area contributed by atoms with E-state index in [9.17, 15) is 4.39 Å². The highest BCUT2D eigenvalue weighted by Crippen LogP contribution is 2.31. The molecule has 1 aliphatic rings. The summed E-state index contributed by atoms with van der Waals surface area (Å²) >= 11 is 0. The fourth-order valence-corrected chi connectivity index (χ4v) is 2.74. The van der Waals surface area contributed by atoms with E-state index in [-0.39, 0.29) is 5.82 Å². The van der Waals surface area contributed by atoms with Crippen molar-refractivity contribution < 1.29 is 4.39 Å². The number of hydrogen-bond acceptors (Lipinski definition) is 2. The molecule has 4 heteroatoms. The summed E-state index contributed by atoms with van der Waals surface area (Å²) in [5.74, 6) is -0.133. The van der Waals surface area contributed by atoms with E-state index in [1.54, 1.807) is 12.1 Å². The van der Waals surface area contributed by atoms with Crippen LogP contribution in [0, 0.1) is 12.7 Å². The van der Waals surface area contributed by atoms with Gasteiger partial charge in [0, 0.05) is 18.8 Å². The van der Waals surface area contributed by atoms with Crippen LogP contribution in [0.15, 0.2) is 30.6 Å². The van der Waals surface area contributed by atoms with Crippen molar-refractivity contribution in [2.75, 3.05) is 6.54 Å². The van der Waals surface area contributed by atoms with E-state index in [2.05, 4.69) is 10.4 Å². The lowest BCUT2D eigenvalue weighted by Crippen LogP contribution is -2.24. The minimum absolute atomic E-state index is 0.133. The molecular formula is C15H18FN3. The number of halogens is 1. The van der Waals surface area contributed by atoms with Gasteiger partial charge in [0.15, 0.2) is 0 Å². The number of benzene rings is 1. The predicted molar refractivity (Wildman–Crippen MR) is 72.4 cm³/mol. The summed E-state index contributed by atoms with van der Waals surface area (Å²) in [6.45, 7) is 3.78. The molecule has 0 aliphatic heterocycles. The number of aryl methyl sites for hydroxylation is 2. The van der Waals surface area contributed by atoms with Crippen molar-refractivity contribution >= 4 is 0 Å². The van der Waals surface area contributed by atoms with Crippen molar-refractivity contribution in [3.05, 3.63) is 53.1 Å². The Morgan fingerprint density at radius 2 is 2.37 bits per heavy atom. The summed E-state index contributed by atoms with van der Waals surface area (Å²) in [6, 6.07) is 5.48. The van der Waals surface area contributed by atoms with Gasteiger partial charge in [0.2, 0.25) is 0 Å². The number of fused-ring (bicyclic) bond motifs is 1. The van der Waals surface area contributed by atoms with E-state index in [1.807, 2.05) is 30.1 Å². The molecule has 0 saturated carbocycles. The maximum Gasteiger partial charge on any atom is 0.123 e. The van der Waals surface area contributed by atoms with Gasteiger partial charge in [-0.25, -0.2) is 4.39 Å². The van der Waals surface area contributed by atoms with E-state index >= 15 is 0 Å². The molecule has 1 heterocycles. The molecule has 1 aliphatic carbocycles. The van der Waals surface area contributed by atoms with Gasteiger partial charge >= 0.3 is 0 Å². The second kappa shape index (κ2) is 5.13. The van der Waals surface area contributed by atoms with Crippen LogP contribution in [0.1, 0.15) is 29.2 Å². The van der Waals surface area contributed by atoms with Crippen molar-refractivity contribution in [1.82, 2.24) is 15.1 Å². The summed E-state index contributed by atoms with van der Waals surface area (Å²) < 4.78 is 15.1. The molecule has 2 aromatic rings. The third-order valence-corrected chi connectivity index (χ3v) is 3.68. The first-order chi connectivity index (χ1) is 9.22. The van der Waals surface area contributed by atoms with Gasteiger partial charge in [-0.2, -0.15) is 5.10 Å². The molecule has 1 atom stereocenters. The molecule has 0 radical (unpaired) electrons. The summed E-state index contributed by atoms with van der Waals surface area (Å²) in [4.78, 5) is 0. The van der Waals surface area contributed by atoms with Gasteiger partial charge in [-0.15, -0.1) is 0 Å². The predicted octanol–water partition coefficient (Wildman–Crippen LogP) is 2.61. The Hall–Kier alpha value is -1.68. The van der Waals surface area contributed by atoms with Crippen molar-refractivity contribution in [2.45, 2.75) is 32.4 Å². The highest BCUT2D eigenvalue weighted by Gasteiger charge is 2.21. The maximum atomic E-state index is 13.1. The van der Waals surface area contributed by atoms with Gasteiger partial charge < -0.3 is 5.32 Å². The Morgan fingerprint density at radius 3 is 3.16 bits per heavy atom. The smallest absolute Gasteiger partial charge is 0.123 e. The van der Waals surface area contributed by atoms with Crippen LogP contribution < -0.4 is 5.32 Å². The zero-order valence-electron chi connectivity index (χ0n) is 11.1. The lowest BCUT2D eigenvalue weighted by molar-refractivity contribution is 0.484. The maximum absolute atomic E-state index is 13.1. The van der Waals surface area contributed by atoms with E-state index in [0.29, 0.717) is 6.04 Å². The van der Waals surface area contributed by atoms with Gasteiger partial charge in [-0.1, -0.05) is 6.07 Å². The summed E-state index contributed by atoms with van der Waals surface area (Å²) in [7, 11) is 0. The number of nitrogens with one attached hydrogen (secondary N) is 1. The van der Waals surface area contributed by atoms with Crippen LogP contribution in [-0.2, 0) is 13.0 Å². The van der Waals surface area contributed by atoms with Crippen LogP contribution in [0.3, 0.4) is 0 Å². The molecule has 0 spiro atoms. The molecule has 0 saturated heterocycles. The van der Waals surface area contributed by atoms with Crippen LogP contribution in [0.5, 0.6) is 0 Å². The first kappa shape index (κ1) is 12.4. The van der Waals surface area contributed by atoms with E-state index in [0.717, 1.165) is 31.5 Å². The average Bonchev–Trinajstić information content (AvgIpc) is 2.96. The van der Waals surface area contributed by atoms with Gasteiger partial charge in [0.1, 0.15) is 5.82 Å². The van der Waals surface area contributed by atoms with Crippen LogP contribution in [0.25, 0.3) is 0 Å². The Labute approximate surface area is 112 Å². The second-order valence-corrected chi connectivity index (χ2v) is 5.17. The monoisotopic (exact) mass is 259 g/mol. The minimum atomic E-state index is -0.133. The summed E-state index contributed by atoms with van der Waals surface area (Å²) in [6.07, 6.45) is 5.93. The van der Waals surface area contributed by atoms with Crippen LogP contribution in [0.4, 0.5) is 4.39 Å². The van der Waals surface area contributed by atoms with Crippen molar-refractivity contribution in [2.24, 2.45) is 0 Å². The molecule has 19 heavy (non-hydrogen) atoms. The molecule has 0 fully saturated rings. The number of hydrogen-bond donors (Lipinski definition) is 1. The van der Waals surface area contributed by atoms with Crippen molar-refractivity contribution in [1.29, 1.82) is 0 Å². The number of nitrogens with zero attached hydrogens (tertiary/aromatic N) is 2. The fourth-order valence-electron chi connectivity index (χ4n) is 2.74. The molecule has 1 aromatic heterocycles. The molecule has 0 amide bonds. The topological polar surface area (TPSA) is 29.9 Å². The highest BCUT2D eigenvalue weighted by molar-refractivity contribution is 5.34. The minimum Gasteiger partial charge on any atom is -0.308 e. The molecule has 100 valence electrons. The van der Waals surface area contributed by atoms with E-state index < -0.39 is 0 Å². The average molecular weight is 259 g/mol. The third kappa shape index (κ3) is 2.68. The molecular weight excluding hydrogens is 241 g/mol. The number of rotatable bonds is 4. The fraction of sp³-hybridized carbons (Fsp3) is 0.400. The van der Waals surface area contributed by atoms with E-state index in [4.69, 9.17) is 0 Å². The molecule has 1 unspecified atom stereocenters. The van der Waals surface area contributed by atoms with Gasteiger partial charge in [0.25, 0.3) is 0 Å². The van der Waals surface area contributed by atoms with Crippen molar-refractivity contribution in [3.63, 3.8) is 0 Å². The molecule has 3 rings (SSSR count). The third-order valence-electron chi connectivity index (χ3n) is 3.68. The summed E-state index contributed by atoms with van der Waals surface area (Å²) in [5, 5.41) is 7.79. The largest absolute Gasteiger partial charge is 0.308 e. The summed E-state index contributed by atoms with van der Waals surface area (Å²) in [5.41, 5.74) is 3.58. The van der Waals surface area contributed by atoms with Crippen molar-refractivity contribution in [3.8, 4) is 0 Å².